The second-order valence-corrected chi connectivity index (χ2v) is 6.34. The number of nitrogens with one attached hydrogen (secondary N) is 1. The Morgan fingerprint density at radius 3 is 2.84 bits per heavy atom. The van der Waals surface area contributed by atoms with Gasteiger partial charge in [0.2, 0.25) is 0 Å². The van der Waals surface area contributed by atoms with Crippen molar-refractivity contribution in [1.29, 1.82) is 0 Å². The quantitative estimate of drug-likeness (QED) is 0.797. The van der Waals surface area contributed by atoms with E-state index < -0.39 is 0 Å². The van der Waals surface area contributed by atoms with E-state index in [1.165, 1.54) is 0 Å². The maximum absolute atomic E-state index is 13.0. The zero-order valence-electron chi connectivity index (χ0n) is 14.1. The number of amides is 1. The first-order valence-electron chi connectivity index (χ1n) is 8.52. The smallest absolute Gasteiger partial charge is 0.274 e. The number of aromatic nitrogens is 5. The van der Waals surface area contributed by atoms with E-state index in [1.807, 2.05) is 46.7 Å². The first-order valence-corrected chi connectivity index (χ1v) is 8.52. The third-order valence-electron chi connectivity index (χ3n) is 4.60. The van der Waals surface area contributed by atoms with E-state index in [9.17, 15) is 4.79 Å². The maximum atomic E-state index is 13.0. The second kappa shape index (κ2) is 6.51. The number of H-pyrrole nitrogens is 1. The number of hydrogen-bond donors (Lipinski definition) is 1. The molecule has 3 heterocycles. The van der Waals surface area contributed by atoms with Gasteiger partial charge in [0.25, 0.3) is 5.91 Å². The highest BCUT2D eigenvalue weighted by molar-refractivity contribution is 5.92. The van der Waals surface area contributed by atoms with Crippen LogP contribution in [0.1, 0.15) is 47.3 Å². The van der Waals surface area contributed by atoms with Crippen molar-refractivity contribution in [3.05, 3.63) is 59.9 Å². The van der Waals surface area contributed by atoms with Crippen molar-refractivity contribution in [1.82, 2.24) is 29.9 Å². The predicted molar refractivity (Wildman–Crippen MR) is 92.3 cm³/mol. The molecule has 1 atom stereocenters. The number of carbonyl (C=O) groups is 1. The van der Waals surface area contributed by atoms with Crippen LogP contribution >= 0.6 is 0 Å². The number of likely N-dealkylation sites (tertiary alicyclic amines) is 1. The van der Waals surface area contributed by atoms with Crippen LogP contribution in [0.4, 0.5) is 0 Å². The number of piperidine rings is 1. The Balaban J connectivity index is 1.69. The third-order valence-corrected chi connectivity index (χ3v) is 4.60. The number of rotatable bonds is 3. The van der Waals surface area contributed by atoms with Crippen LogP contribution in [0.5, 0.6) is 0 Å². The lowest BCUT2D eigenvalue weighted by Crippen LogP contribution is -2.39. The molecule has 0 saturated carbocycles. The molecule has 25 heavy (non-hydrogen) atoms. The summed E-state index contributed by atoms with van der Waals surface area (Å²) in [5.74, 6) is 0.739. The Labute approximate surface area is 145 Å². The number of aryl methyl sites for hydroxylation is 1. The molecule has 0 spiro atoms. The third kappa shape index (κ3) is 2.93. The van der Waals surface area contributed by atoms with Gasteiger partial charge in [-0.25, -0.2) is 0 Å². The topological polar surface area (TPSA) is 79.7 Å². The van der Waals surface area contributed by atoms with Crippen LogP contribution in [0, 0.1) is 6.92 Å². The summed E-state index contributed by atoms with van der Waals surface area (Å²) < 4.78 is 1.96. The highest BCUT2D eigenvalue weighted by atomic mass is 16.2. The van der Waals surface area contributed by atoms with E-state index in [4.69, 9.17) is 0 Å². The lowest BCUT2D eigenvalue weighted by molar-refractivity contribution is 0.0591. The Morgan fingerprint density at radius 1 is 1.24 bits per heavy atom. The summed E-state index contributed by atoms with van der Waals surface area (Å²) in [5, 5.41) is 15.4. The van der Waals surface area contributed by atoms with E-state index in [-0.39, 0.29) is 11.9 Å². The fourth-order valence-electron chi connectivity index (χ4n) is 3.38. The van der Waals surface area contributed by atoms with Gasteiger partial charge in [-0.1, -0.05) is 18.2 Å². The molecule has 7 heteroatoms. The Kier molecular flexibility index (Phi) is 4.05. The summed E-state index contributed by atoms with van der Waals surface area (Å²) in [6.07, 6.45) is 4.64. The van der Waals surface area contributed by atoms with Crippen molar-refractivity contribution in [3.8, 4) is 5.69 Å². The summed E-state index contributed by atoms with van der Waals surface area (Å²) in [5.41, 5.74) is 2.33. The predicted octanol–water partition coefficient (Wildman–Crippen LogP) is 2.67. The van der Waals surface area contributed by atoms with Gasteiger partial charge in [0.05, 0.1) is 6.04 Å². The Morgan fingerprint density at radius 2 is 2.08 bits per heavy atom. The molecule has 1 amide bonds. The normalized spacial score (nSPS) is 17.6. The molecule has 128 valence electrons. The number of aromatic amines is 1. The van der Waals surface area contributed by atoms with Gasteiger partial charge in [-0.05, 0) is 44.4 Å². The van der Waals surface area contributed by atoms with Crippen LogP contribution in [0.3, 0.4) is 0 Å². The van der Waals surface area contributed by atoms with E-state index in [2.05, 4.69) is 20.4 Å². The van der Waals surface area contributed by atoms with Gasteiger partial charge < -0.3 is 4.90 Å². The zero-order valence-corrected chi connectivity index (χ0v) is 14.1. The molecule has 4 rings (SSSR count). The van der Waals surface area contributed by atoms with Crippen LogP contribution in [0.25, 0.3) is 5.69 Å². The van der Waals surface area contributed by atoms with Crippen molar-refractivity contribution in [2.24, 2.45) is 0 Å². The number of carbonyl (C=O) groups excluding carboxylic acids is 1. The van der Waals surface area contributed by atoms with Crippen molar-refractivity contribution in [2.45, 2.75) is 32.2 Å². The van der Waals surface area contributed by atoms with Gasteiger partial charge in [0, 0.05) is 17.9 Å². The lowest BCUT2D eigenvalue weighted by atomic mass is 10.0. The molecule has 1 fully saturated rings. The SMILES string of the molecule is Cc1cc(C(=O)N2CCCC[C@@H]2c2nncn2-c2ccccc2)n[nH]1. The minimum Gasteiger partial charge on any atom is -0.327 e. The van der Waals surface area contributed by atoms with Gasteiger partial charge in [-0.3, -0.25) is 14.5 Å². The summed E-state index contributed by atoms with van der Waals surface area (Å²) in [6.45, 7) is 2.60. The molecule has 0 unspecified atom stereocenters. The fourth-order valence-corrected chi connectivity index (χ4v) is 3.38. The van der Waals surface area contributed by atoms with Crippen molar-refractivity contribution >= 4 is 5.91 Å². The van der Waals surface area contributed by atoms with Crippen LogP contribution < -0.4 is 0 Å². The van der Waals surface area contributed by atoms with Crippen molar-refractivity contribution in [2.75, 3.05) is 6.54 Å². The maximum Gasteiger partial charge on any atom is 0.274 e. The Bertz CT molecular complexity index is 869. The average molecular weight is 336 g/mol. The van der Waals surface area contributed by atoms with Crippen molar-refractivity contribution < 1.29 is 4.79 Å². The van der Waals surface area contributed by atoms with Gasteiger partial charge in [-0.15, -0.1) is 10.2 Å². The highest BCUT2D eigenvalue weighted by Gasteiger charge is 2.33. The van der Waals surface area contributed by atoms with Gasteiger partial charge in [0.15, 0.2) is 5.82 Å². The summed E-state index contributed by atoms with van der Waals surface area (Å²) in [4.78, 5) is 14.8. The molecule has 1 N–H and O–H groups in total. The largest absolute Gasteiger partial charge is 0.327 e. The molecule has 1 aromatic carbocycles. The van der Waals surface area contributed by atoms with Gasteiger partial charge in [0.1, 0.15) is 12.0 Å². The van der Waals surface area contributed by atoms with E-state index in [1.54, 1.807) is 12.4 Å². The van der Waals surface area contributed by atoms with Crippen LogP contribution in [-0.2, 0) is 0 Å². The van der Waals surface area contributed by atoms with Crippen molar-refractivity contribution in [3.63, 3.8) is 0 Å². The Hall–Kier alpha value is -2.96. The first kappa shape index (κ1) is 15.6. The van der Waals surface area contributed by atoms with E-state index in [0.717, 1.165) is 36.5 Å². The highest BCUT2D eigenvalue weighted by Crippen LogP contribution is 2.31. The van der Waals surface area contributed by atoms with E-state index >= 15 is 0 Å². The van der Waals surface area contributed by atoms with Crippen LogP contribution in [-0.4, -0.2) is 42.3 Å². The number of benzene rings is 1. The molecule has 0 aliphatic carbocycles. The van der Waals surface area contributed by atoms with Gasteiger partial charge in [-0.2, -0.15) is 5.10 Å². The standard InChI is InChI=1S/C18H20N6O/c1-13-11-15(21-20-13)18(25)23-10-6-5-9-16(23)17-22-19-12-24(17)14-7-3-2-4-8-14/h2-4,7-8,11-12,16H,5-6,9-10H2,1H3,(H,20,21)/t16-/m1/s1. The lowest BCUT2D eigenvalue weighted by Gasteiger charge is -2.34. The molecule has 3 aromatic rings. The number of nitrogens with zero attached hydrogens (tertiary/aromatic N) is 5. The monoisotopic (exact) mass is 336 g/mol. The molecule has 0 radical (unpaired) electrons. The number of para-hydroxylation sites is 1. The molecule has 1 aliphatic heterocycles. The van der Waals surface area contributed by atoms with Crippen LogP contribution in [0.2, 0.25) is 0 Å². The van der Waals surface area contributed by atoms with E-state index in [0.29, 0.717) is 12.2 Å². The number of hydrogen-bond acceptors (Lipinski definition) is 4. The minimum absolute atomic E-state index is 0.0586. The van der Waals surface area contributed by atoms with Crippen LogP contribution in [0.15, 0.2) is 42.7 Å². The molecule has 2 aromatic heterocycles. The molecule has 0 bridgehead atoms. The molecule has 1 aliphatic rings. The molecular weight excluding hydrogens is 316 g/mol. The summed E-state index contributed by atoms with van der Waals surface area (Å²) >= 11 is 0. The first-order chi connectivity index (χ1) is 12.2. The molecular formula is C18H20N6O. The zero-order chi connectivity index (χ0) is 17.2. The molecule has 1 saturated heterocycles. The molecule has 7 nitrogen and oxygen atoms in total. The fraction of sp³-hybridized carbons (Fsp3) is 0.333. The summed E-state index contributed by atoms with van der Waals surface area (Å²) in [7, 11) is 0. The average Bonchev–Trinajstić information content (AvgIpc) is 3.31. The van der Waals surface area contributed by atoms with Gasteiger partial charge >= 0.3 is 0 Å². The summed E-state index contributed by atoms with van der Waals surface area (Å²) in [6, 6.07) is 11.7. The minimum atomic E-state index is -0.0963. The second-order valence-electron chi connectivity index (χ2n) is 6.34.